The Hall–Kier alpha value is -2.62. The molecule has 1 aliphatic heterocycles. The van der Waals surface area contributed by atoms with Gasteiger partial charge in [-0.15, -0.1) is 0 Å². The summed E-state index contributed by atoms with van der Waals surface area (Å²) < 4.78 is 0. The first-order valence-electron chi connectivity index (χ1n) is 8.89. The molecular weight excluding hydrogens is 312 g/mol. The summed E-state index contributed by atoms with van der Waals surface area (Å²) in [4.78, 5) is 13.0. The van der Waals surface area contributed by atoms with E-state index >= 15 is 0 Å². The van der Waals surface area contributed by atoms with Crippen molar-refractivity contribution in [3.63, 3.8) is 0 Å². The summed E-state index contributed by atoms with van der Waals surface area (Å²) in [7, 11) is 0. The van der Waals surface area contributed by atoms with Gasteiger partial charge in [0, 0.05) is 17.9 Å². The minimum Gasteiger partial charge on any atom is -0.507 e. The first-order valence-corrected chi connectivity index (χ1v) is 8.89. The van der Waals surface area contributed by atoms with Crippen LogP contribution in [0, 0.1) is 5.92 Å². The van der Waals surface area contributed by atoms with Crippen molar-refractivity contribution in [2.75, 3.05) is 0 Å². The van der Waals surface area contributed by atoms with Crippen molar-refractivity contribution in [2.24, 2.45) is 11.0 Å². The third-order valence-electron chi connectivity index (χ3n) is 4.87. The average Bonchev–Trinajstić information content (AvgIpc) is 3.09. The van der Waals surface area contributed by atoms with Crippen LogP contribution in [0.1, 0.15) is 50.3 Å². The third kappa shape index (κ3) is 3.43. The first kappa shape index (κ1) is 17.2. The van der Waals surface area contributed by atoms with Crippen molar-refractivity contribution in [2.45, 2.75) is 39.2 Å². The van der Waals surface area contributed by atoms with Gasteiger partial charge in [0.05, 0.1) is 11.8 Å². The number of carbonyl (C=O) groups is 1. The second kappa shape index (κ2) is 7.51. The standard InChI is InChI=1S/C21H24N2O2/c1-3-15(4-2)21(25)23-19(16-10-6-5-7-11-16)14-18(22-23)17-12-8-9-13-20(17)24/h5-13,15,19,24H,3-4,14H2,1-2H3. The number of para-hydroxylation sites is 1. The molecule has 1 heterocycles. The smallest absolute Gasteiger partial charge is 0.246 e. The summed E-state index contributed by atoms with van der Waals surface area (Å²) in [5.41, 5.74) is 2.52. The normalized spacial score (nSPS) is 17.0. The Bertz CT molecular complexity index is 766. The van der Waals surface area contributed by atoms with Crippen molar-refractivity contribution < 1.29 is 9.90 Å². The highest BCUT2D eigenvalue weighted by Crippen LogP contribution is 2.36. The number of nitrogens with zero attached hydrogens (tertiary/aromatic N) is 2. The van der Waals surface area contributed by atoms with Gasteiger partial charge in [-0.1, -0.05) is 56.3 Å². The number of aromatic hydroxyl groups is 1. The van der Waals surface area contributed by atoms with E-state index in [9.17, 15) is 9.90 Å². The lowest BCUT2D eigenvalue weighted by atomic mass is 9.96. The number of phenolic OH excluding ortho intramolecular Hbond substituents is 1. The van der Waals surface area contributed by atoms with Gasteiger partial charge in [0.25, 0.3) is 0 Å². The van der Waals surface area contributed by atoms with E-state index in [0.717, 1.165) is 24.1 Å². The Morgan fingerprint density at radius 2 is 1.76 bits per heavy atom. The molecule has 4 heteroatoms. The van der Waals surface area contributed by atoms with Crippen LogP contribution in [0.4, 0.5) is 0 Å². The molecule has 2 aromatic carbocycles. The lowest BCUT2D eigenvalue weighted by Crippen LogP contribution is -2.32. The van der Waals surface area contributed by atoms with Gasteiger partial charge in [-0.05, 0) is 30.5 Å². The fourth-order valence-corrected chi connectivity index (χ4v) is 3.35. The molecule has 0 saturated heterocycles. The maximum Gasteiger partial charge on any atom is 0.246 e. The van der Waals surface area contributed by atoms with E-state index in [2.05, 4.69) is 5.10 Å². The molecular formula is C21H24N2O2. The molecule has 0 aliphatic carbocycles. The molecule has 0 saturated carbocycles. The van der Waals surface area contributed by atoms with Crippen LogP contribution in [-0.4, -0.2) is 21.7 Å². The van der Waals surface area contributed by atoms with E-state index in [1.165, 1.54) is 0 Å². The van der Waals surface area contributed by atoms with Crippen molar-refractivity contribution in [3.8, 4) is 5.75 Å². The van der Waals surface area contributed by atoms with Gasteiger partial charge in [-0.3, -0.25) is 4.79 Å². The fourth-order valence-electron chi connectivity index (χ4n) is 3.35. The van der Waals surface area contributed by atoms with Gasteiger partial charge >= 0.3 is 0 Å². The van der Waals surface area contributed by atoms with E-state index in [-0.39, 0.29) is 23.6 Å². The lowest BCUT2D eigenvalue weighted by Gasteiger charge is -2.25. The molecule has 1 aliphatic rings. The highest BCUT2D eigenvalue weighted by atomic mass is 16.3. The number of hydrogen-bond donors (Lipinski definition) is 1. The number of hydrogen-bond acceptors (Lipinski definition) is 3. The molecule has 0 radical (unpaired) electrons. The Kier molecular flexibility index (Phi) is 5.17. The zero-order valence-corrected chi connectivity index (χ0v) is 14.7. The first-order chi connectivity index (χ1) is 12.2. The molecule has 2 aromatic rings. The van der Waals surface area contributed by atoms with Gasteiger partial charge in [-0.2, -0.15) is 5.10 Å². The molecule has 0 aromatic heterocycles. The molecule has 25 heavy (non-hydrogen) atoms. The van der Waals surface area contributed by atoms with Crippen LogP contribution in [0.5, 0.6) is 5.75 Å². The summed E-state index contributed by atoms with van der Waals surface area (Å²) >= 11 is 0. The van der Waals surface area contributed by atoms with Crippen molar-refractivity contribution in [1.29, 1.82) is 0 Å². The molecule has 1 unspecified atom stereocenters. The predicted octanol–water partition coefficient (Wildman–Crippen LogP) is 4.51. The van der Waals surface area contributed by atoms with Crippen LogP contribution >= 0.6 is 0 Å². The zero-order valence-electron chi connectivity index (χ0n) is 14.7. The maximum atomic E-state index is 13.0. The SMILES string of the molecule is CCC(CC)C(=O)N1N=C(c2ccccc2O)CC1c1ccccc1. The Balaban J connectivity index is 1.99. The Morgan fingerprint density at radius 3 is 2.40 bits per heavy atom. The lowest BCUT2D eigenvalue weighted by molar-refractivity contribution is -0.137. The highest BCUT2D eigenvalue weighted by Gasteiger charge is 2.35. The number of amides is 1. The molecule has 1 amide bonds. The third-order valence-corrected chi connectivity index (χ3v) is 4.87. The van der Waals surface area contributed by atoms with Gasteiger partial charge < -0.3 is 5.11 Å². The van der Waals surface area contributed by atoms with E-state index in [0.29, 0.717) is 12.0 Å². The molecule has 4 nitrogen and oxygen atoms in total. The minimum absolute atomic E-state index is 0.0290. The topological polar surface area (TPSA) is 52.9 Å². The van der Waals surface area contributed by atoms with Gasteiger partial charge in [0.1, 0.15) is 5.75 Å². The minimum atomic E-state index is -0.121. The van der Waals surface area contributed by atoms with Crippen molar-refractivity contribution in [3.05, 3.63) is 65.7 Å². The number of rotatable bonds is 5. The number of hydrazone groups is 1. The van der Waals surface area contributed by atoms with Crippen LogP contribution in [-0.2, 0) is 4.79 Å². The van der Waals surface area contributed by atoms with Crippen LogP contribution in [0.3, 0.4) is 0 Å². The molecule has 0 spiro atoms. The largest absolute Gasteiger partial charge is 0.507 e. The maximum absolute atomic E-state index is 13.0. The molecule has 0 fully saturated rings. The van der Waals surface area contributed by atoms with Crippen molar-refractivity contribution >= 4 is 11.6 Å². The molecule has 1 atom stereocenters. The molecule has 1 N–H and O–H groups in total. The number of phenols is 1. The van der Waals surface area contributed by atoms with E-state index in [1.54, 1.807) is 17.1 Å². The Morgan fingerprint density at radius 1 is 1.12 bits per heavy atom. The van der Waals surface area contributed by atoms with Crippen molar-refractivity contribution in [1.82, 2.24) is 5.01 Å². The molecule has 0 bridgehead atoms. The Labute approximate surface area is 148 Å². The van der Waals surface area contributed by atoms with Gasteiger partial charge in [0.15, 0.2) is 0 Å². The van der Waals surface area contributed by atoms with Gasteiger partial charge in [-0.25, -0.2) is 5.01 Å². The fraction of sp³-hybridized carbons (Fsp3) is 0.333. The van der Waals surface area contributed by atoms with Crippen LogP contribution in [0.25, 0.3) is 0 Å². The van der Waals surface area contributed by atoms with E-state index in [4.69, 9.17) is 0 Å². The number of benzene rings is 2. The summed E-state index contributed by atoms with van der Waals surface area (Å²) in [5, 5.41) is 16.4. The monoisotopic (exact) mass is 336 g/mol. The quantitative estimate of drug-likeness (QED) is 0.873. The number of carbonyl (C=O) groups excluding carboxylic acids is 1. The van der Waals surface area contributed by atoms with Crippen LogP contribution in [0.15, 0.2) is 59.7 Å². The summed E-state index contributed by atoms with van der Waals surface area (Å²) in [6, 6.07) is 17.0. The zero-order chi connectivity index (χ0) is 17.8. The summed E-state index contributed by atoms with van der Waals surface area (Å²) in [6.07, 6.45) is 2.21. The summed E-state index contributed by atoms with van der Waals surface area (Å²) in [6.45, 7) is 4.07. The van der Waals surface area contributed by atoms with E-state index in [1.807, 2.05) is 56.3 Å². The van der Waals surface area contributed by atoms with Crippen LogP contribution < -0.4 is 0 Å². The van der Waals surface area contributed by atoms with Crippen LogP contribution in [0.2, 0.25) is 0 Å². The average molecular weight is 336 g/mol. The highest BCUT2D eigenvalue weighted by molar-refractivity contribution is 6.05. The molecule has 3 rings (SSSR count). The summed E-state index contributed by atoms with van der Waals surface area (Å²) in [5.74, 6) is 0.229. The predicted molar refractivity (Wildman–Crippen MR) is 99.4 cm³/mol. The van der Waals surface area contributed by atoms with E-state index < -0.39 is 0 Å². The second-order valence-corrected chi connectivity index (χ2v) is 6.39. The molecule has 130 valence electrons. The second-order valence-electron chi connectivity index (χ2n) is 6.39. The van der Waals surface area contributed by atoms with Gasteiger partial charge in [0.2, 0.25) is 5.91 Å².